The summed E-state index contributed by atoms with van der Waals surface area (Å²) in [5, 5.41) is 0. The zero-order valence-electron chi connectivity index (χ0n) is 10.4. The van der Waals surface area contributed by atoms with E-state index in [2.05, 4.69) is 0 Å². The van der Waals surface area contributed by atoms with Crippen LogP contribution in [0.3, 0.4) is 0 Å². The highest BCUT2D eigenvalue weighted by molar-refractivity contribution is 5.96. The second kappa shape index (κ2) is 6.65. The molecule has 0 aromatic heterocycles. The molecule has 0 radical (unpaired) electrons. The van der Waals surface area contributed by atoms with E-state index < -0.39 is 28.9 Å². The van der Waals surface area contributed by atoms with E-state index in [4.69, 9.17) is 4.74 Å². The van der Waals surface area contributed by atoms with Crippen LogP contribution in [-0.2, 0) is 10.9 Å². The van der Waals surface area contributed by atoms with E-state index in [-0.39, 0.29) is 6.42 Å². The Morgan fingerprint density at radius 2 is 1.95 bits per heavy atom. The molecule has 1 aromatic carbocycles. The van der Waals surface area contributed by atoms with Crippen molar-refractivity contribution in [1.82, 2.24) is 0 Å². The highest BCUT2D eigenvalue weighted by atomic mass is 19.4. The molecule has 0 N–H and O–H groups in total. The number of ketones is 1. The predicted molar refractivity (Wildman–Crippen MR) is 61.5 cm³/mol. The van der Waals surface area contributed by atoms with Gasteiger partial charge in [0.1, 0.15) is 5.82 Å². The number of alkyl halides is 3. The smallest absolute Gasteiger partial charge is 0.385 e. The number of carbonyl (C=O) groups is 1. The standard InChI is InChI=1S/C13H14F4O2/c1-19-8-3-2-7-11(18)9-5-4-6-10(12(9)14)13(15,16)17/h4-6H,2-3,7-8H2,1H3. The Kier molecular flexibility index (Phi) is 5.47. The fourth-order valence-corrected chi connectivity index (χ4v) is 1.63. The van der Waals surface area contributed by atoms with Crippen molar-refractivity contribution in [2.75, 3.05) is 13.7 Å². The largest absolute Gasteiger partial charge is 0.419 e. The van der Waals surface area contributed by atoms with Crippen LogP contribution in [-0.4, -0.2) is 19.5 Å². The first-order chi connectivity index (χ1) is 8.88. The maximum absolute atomic E-state index is 13.6. The summed E-state index contributed by atoms with van der Waals surface area (Å²) >= 11 is 0. The van der Waals surface area contributed by atoms with E-state index in [1.54, 1.807) is 0 Å². The van der Waals surface area contributed by atoms with Crippen LogP contribution in [0.5, 0.6) is 0 Å². The van der Waals surface area contributed by atoms with Crippen LogP contribution in [0.25, 0.3) is 0 Å². The van der Waals surface area contributed by atoms with Crippen LogP contribution in [0.2, 0.25) is 0 Å². The number of rotatable bonds is 6. The Labute approximate surface area is 108 Å². The molecule has 106 valence electrons. The molecule has 0 saturated carbocycles. The van der Waals surface area contributed by atoms with Gasteiger partial charge in [0.2, 0.25) is 0 Å². The molecule has 0 atom stereocenters. The van der Waals surface area contributed by atoms with Crippen molar-refractivity contribution < 1.29 is 27.1 Å². The normalized spacial score (nSPS) is 11.6. The molecule has 0 unspecified atom stereocenters. The fraction of sp³-hybridized carbons (Fsp3) is 0.462. The molecule has 1 rings (SSSR count). The minimum Gasteiger partial charge on any atom is -0.385 e. The molecule has 0 saturated heterocycles. The summed E-state index contributed by atoms with van der Waals surface area (Å²) < 4.78 is 55.8. The van der Waals surface area contributed by atoms with E-state index in [9.17, 15) is 22.4 Å². The number of halogens is 4. The Hall–Kier alpha value is -1.43. The van der Waals surface area contributed by atoms with Crippen molar-refractivity contribution in [2.24, 2.45) is 0 Å². The van der Waals surface area contributed by atoms with Gasteiger partial charge >= 0.3 is 6.18 Å². The molecule has 0 aliphatic heterocycles. The molecule has 1 aromatic rings. The highest BCUT2D eigenvalue weighted by Gasteiger charge is 2.35. The molecule has 2 nitrogen and oxygen atoms in total. The van der Waals surface area contributed by atoms with E-state index >= 15 is 0 Å². The lowest BCUT2D eigenvalue weighted by atomic mass is 10.0. The summed E-state index contributed by atoms with van der Waals surface area (Å²) in [6.07, 6.45) is -3.75. The topological polar surface area (TPSA) is 26.3 Å². The first-order valence-corrected chi connectivity index (χ1v) is 5.75. The number of benzene rings is 1. The van der Waals surface area contributed by atoms with Gasteiger partial charge in [-0.1, -0.05) is 6.07 Å². The van der Waals surface area contributed by atoms with E-state index in [0.717, 1.165) is 12.1 Å². The molecule has 19 heavy (non-hydrogen) atoms. The van der Waals surface area contributed by atoms with Crippen LogP contribution in [0, 0.1) is 5.82 Å². The monoisotopic (exact) mass is 278 g/mol. The molecule has 0 amide bonds. The van der Waals surface area contributed by atoms with Crippen molar-refractivity contribution in [1.29, 1.82) is 0 Å². The van der Waals surface area contributed by atoms with Crippen molar-refractivity contribution in [2.45, 2.75) is 25.4 Å². The maximum Gasteiger partial charge on any atom is 0.419 e. The van der Waals surface area contributed by atoms with Gasteiger partial charge in [-0.2, -0.15) is 13.2 Å². The summed E-state index contributed by atoms with van der Waals surface area (Å²) in [6, 6.07) is 2.73. The average Bonchev–Trinajstić information content (AvgIpc) is 2.33. The molecule has 0 spiro atoms. The number of hydrogen-bond acceptors (Lipinski definition) is 2. The maximum atomic E-state index is 13.6. The molecule has 0 aliphatic rings. The number of unbranched alkanes of at least 4 members (excludes halogenated alkanes) is 1. The second-order valence-electron chi connectivity index (χ2n) is 4.04. The Balaban J connectivity index is 2.81. The van der Waals surface area contributed by atoms with Gasteiger partial charge < -0.3 is 4.74 Å². The molecular weight excluding hydrogens is 264 g/mol. The van der Waals surface area contributed by atoms with Crippen LogP contribution in [0.1, 0.15) is 35.2 Å². The van der Waals surface area contributed by atoms with E-state index in [1.807, 2.05) is 0 Å². The van der Waals surface area contributed by atoms with Gasteiger partial charge in [-0.25, -0.2) is 4.39 Å². The number of carbonyl (C=O) groups excluding carboxylic acids is 1. The lowest BCUT2D eigenvalue weighted by Crippen LogP contribution is -2.12. The summed E-state index contributed by atoms with van der Waals surface area (Å²) in [7, 11) is 1.51. The van der Waals surface area contributed by atoms with Gasteiger partial charge in [-0.05, 0) is 25.0 Å². The molecule has 0 fully saturated rings. The van der Waals surface area contributed by atoms with Gasteiger partial charge in [0, 0.05) is 20.1 Å². The number of methoxy groups -OCH3 is 1. The van der Waals surface area contributed by atoms with Crippen molar-refractivity contribution in [3.8, 4) is 0 Å². The predicted octanol–water partition coefficient (Wildman–Crippen LogP) is 3.84. The van der Waals surface area contributed by atoms with Gasteiger partial charge in [-0.3, -0.25) is 4.79 Å². The summed E-state index contributed by atoms with van der Waals surface area (Å²) in [6.45, 7) is 0.457. The third-order valence-corrected chi connectivity index (χ3v) is 2.61. The van der Waals surface area contributed by atoms with Gasteiger partial charge in [0.15, 0.2) is 5.78 Å². The second-order valence-corrected chi connectivity index (χ2v) is 4.04. The Bertz CT molecular complexity index is 441. The highest BCUT2D eigenvalue weighted by Crippen LogP contribution is 2.32. The quantitative estimate of drug-likeness (QED) is 0.449. The Morgan fingerprint density at radius 1 is 1.26 bits per heavy atom. The molecule has 6 heteroatoms. The van der Waals surface area contributed by atoms with Crippen molar-refractivity contribution >= 4 is 5.78 Å². The Morgan fingerprint density at radius 3 is 2.53 bits per heavy atom. The lowest BCUT2D eigenvalue weighted by molar-refractivity contribution is -0.140. The van der Waals surface area contributed by atoms with Crippen LogP contribution in [0.4, 0.5) is 17.6 Å². The third kappa shape index (κ3) is 4.31. The van der Waals surface area contributed by atoms with Crippen LogP contribution >= 0.6 is 0 Å². The lowest BCUT2D eigenvalue weighted by Gasteiger charge is -2.10. The molecular formula is C13H14F4O2. The van der Waals surface area contributed by atoms with Crippen LogP contribution < -0.4 is 0 Å². The van der Waals surface area contributed by atoms with E-state index in [1.165, 1.54) is 7.11 Å². The molecule has 0 aliphatic carbocycles. The summed E-state index contributed by atoms with van der Waals surface area (Å²) in [5.41, 5.74) is -1.91. The van der Waals surface area contributed by atoms with Crippen molar-refractivity contribution in [3.63, 3.8) is 0 Å². The number of Topliss-reactive ketones (excluding diaryl/α,β-unsaturated/α-hetero) is 1. The molecule has 0 bridgehead atoms. The van der Waals surface area contributed by atoms with Gasteiger partial charge in [0.05, 0.1) is 11.1 Å². The van der Waals surface area contributed by atoms with E-state index in [0.29, 0.717) is 25.5 Å². The minimum absolute atomic E-state index is 0.00158. The third-order valence-electron chi connectivity index (χ3n) is 2.61. The summed E-state index contributed by atoms with van der Waals surface area (Å²) in [5.74, 6) is -2.12. The SMILES string of the molecule is COCCCCC(=O)c1cccc(C(F)(F)F)c1F. The first kappa shape index (κ1) is 15.6. The molecule has 0 heterocycles. The van der Waals surface area contributed by atoms with Gasteiger partial charge in [-0.15, -0.1) is 0 Å². The first-order valence-electron chi connectivity index (χ1n) is 5.75. The van der Waals surface area contributed by atoms with Crippen LogP contribution in [0.15, 0.2) is 18.2 Å². The zero-order chi connectivity index (χ0) is 14.5. The number of hydrogen-bond donors (Lipinski definition) is 0. The number of ether oxygens (including phenoxy) is 1. The minimum atomic E-state index is -4.80. The van der Waals surface area contributed by atoms with Gasteiger partial charge in [0.25, 0.3) is 0 Å². The van der Waals surface area contributed by atoms with Crippen molar-refractivity contribution in [3.05, 3.63) is 35.1 Å². The fourth-order valence-electron chi connectivity index (χ4n) is 1.63. The average molecular weight is 278 g/mol. The zero-order valence-corrected chi connectivity index (χ0v) is 10.4. The summed E-state index contributed by atoms with van der Waals surface area (Å²) in [4.78, 5) is 11.7.